The first kappa shape index (κ1) is 19.6. The molecule has 4 N–H and O–H groups in total. The molecule has 26 heavy (non-hydrogen) atoms. The number of rotatable bonds is 3. The van der Waals surface area contributed by atoms with Crippen LogP contribution in [0.15, 0.2) is 12.1 Å². The average molecular weight is 408 g/mol. The number of nitrogens with one attached hydrogen (secondary N) is 1. The van der Waals surface area contributed by atoms with Gasteiger partial charge in [-0.2, -0.15) is 0 Å². The van der Waals surface area contributed by atoms with E-state index in [-0.39, 0.29) is 23.2 Å². The Labute approximate surface area is 160 Å². The summed E-state index contributed by atoms with van der Waals surface area (Å²) in [5.74, 6) is -4.83. The summed E-state index contributed by atoms with van der Waals surface area (Å²) in [5, 5.41) is 13.2. The molecule has 2 saturated heterocycles. The third kappa shape index (κ3) is 3.76. The number of piperidine rings is 1. The van der Waals surface area contributed by atoms with Gasteiger partial charge in [0.25, 0.3) is 5.92 Å². The molecule has 1 aromatic carbocycles. The first-order chi connectivity index (χ1) is 12.2. The van der Waals surface area contributed by atoms with E-state index in [0.29, 0.717) is 36.5 Å². The standard InChI is InChI=1S/C17H21Cl2F2N3O2/c18-12-5-10(14(25)6-13(12)19)15(22)9-1-3-24(4-2-9)16(26)11-7-23-8-17(11,20)21/h5-6,9,11,15,23,25H,1-4,7-8,22H2/t11?,15-/m1/s1. The zero-order valence-corrected chi connectivity index (χ0v) is 15.5. The van der Waals surface area contributed by atoms with Gasteiger partial charge in [-0.3, -0.25) is 4.79 Å². The van der Waals surface area contributed by atoms with E-state index in [1.165, 1.54) is 11.0 Å². The van der Waals surface area contributed by atoms with E-state index >= 15 is 0 Å². The van der Waals surface area contributed by atoms with E-state index < -0.39 is 30.3 Å². The number of aromatic hydroxyl groups is 1. The summed E-state index contributed by atoms with van der Waals surface area (Å²) in [6.07, 6.45) is 1.14. The van der Waals surface area contributed by atoms with E-state index in [9.17, 15) is 18.7 Å². The van der Waals surface area contributed by atoms with Crippen molar-refractivity contribution in [3.05, 3.63) is 27.7 Å². The van der Waals surface area contributed by atoms with Gasteiger partial charge in [0.1, 0.15) is 11.7 Å². The summed E-state index contributed by atoms with van der Waals surface area (Å²) < 4.78 is 27.5. The van der Waals surface area contributed by atoms with Crippen LogP contribution in [0.5, 0.6) is 5.75 Å². The fraction of sp³-hybridized carbons (Fsp3) is 0.588. The first-order valence-corrected chi connectivity index (χ1v) is 9.27. The molecule has 2 aliphatic heterocycles. The molecule has 2 atom stereocenters. The highest BCUT2D eigenvalue weighted by molar-refractivity contribution is 6.42. The van der Waals surface area contributed by atoms with Crippen molar-refractivity contribution in [1.29, 1.82) is 0 Å². The Balaban J connectivity index is 1.63. The predicted octanol–water partition coefficient (Wildman–Crippen LogP) is 2.79. The second-order valence-corrected chi connectivity index (χ2v) is 7.77. The maximum Gasteiger partial charge on any atom is 0.273 e. The molecule has 1 aromatic rings. The fourth-order valence-electron chi connectivity index (χ4n) is 3.70. The Hall–Kier alpha value is -1.15. The normalized spacial score (nSPS) is 24.7. The van der Waals surface area contributed by atoms with Gasteiger partial charge in [0, 0.05) is 37.3 Å². The molecule has 5 nitrogen and oxygen atoms in total. The van der Waals surface area contributed by atoms with E-state index in [1.54, 1.807) is 6.07 Å². The number of amides is 1. The van der Waals surface area contributed by atoms with Crippen LogP contribution >= 0.6 is 23.2 Å². The molecule has 0 radical (unpaired) electrons. The molecule has 1 unspecified atom stereocenters. The van der Waals surface area contributed by atoms with Crippen LogP contribution in [0.1, 0.15) is 24.4 Å². The number of carbonyl (C=O) groups is 1. The number of phenolic OH excluding ortho intramolecular Hbond substituents is 1. The molecule has 2 heterocycles. The minimum Gasteiger partial charge on any atom is -0.508 e. The average Bonchev–Trinajstić information content (AvgIpc) is 2.96. The van der Waals surface area contributed by atoms with Crippen LogP contribution in [0, 0.1) is 11.8 Å². The summed E-state index contributed by atoms with van der Waals surface area (Å²) in [6.45, 7) is 0.279. The number of carbonyl (C=O) groups excluding carboxylic acids is 1. The number of benzene rings is 1. The van der Waals surface area contributed by atoms with Gasteiger partial charge in [-0.1, -0.05) is 23.2 Å². The highest BCUT2D eigenvalue weighted by Gasteiger charge is 2.49. The molecular formula is C17H21Cl2F2N3O2. The Morgan fingerprint density at radius 2 is 1.92 bits per heavy atom. The smallest absolute Gasteiger partial charge is 0.273 e. The molecule has 0 aromatic heterocycles. The molecule has 144 valence electrons. The quantitative estimate of drug-likeness (QED) is 0.719. The number of hydrogen-bond acceptors (Lipinski definition) is 4. The molecule has 3 rings (SSSR count). The molecule has 9 heteroatoms. The Kier molecular flexibility index (Phi) is 5.63. The van der Waals surface area contributed by atoms with Crippen LogP contribution in [0.2, 0.25) is 10.0 Å². The van der Waals surface area contributed by atoms with Crippen molar-refractivity contribution in [3.63, 3.8) is 0 Å². The van der Waals surface area contributed by atoms with Gasteiger partial charge in [0.05, 0.1) is 16.6 Å². The number of halogens is 4. The minimum absolute atomic E-state index is 0.00240. The number of alkyl halides is 2. The molecule has 2 aliphatic rings. The van der Waals surface area contributed by atoms with Crippen LogP contribution in [-0.4, -0.2) is 48.0 Å². The number of phenols is 1. The second kappa shape index (κ2) is 7.46. The monoisotopic (exact) mass is 407 g/mol. The van der Waals surface area contributed by atoms with Crippen LogP contribution in [0.4, 0.5) is 8.78 Å². The molecule has 0 aliphatic carbocycles. The van der Waals surface area contributed by atoms with E-state index in [4.69, 9.17) is 28.9 Å². The molecule has 0 saturated carbocycles. The van der Waals surface area contributed by atoms with E-state index in [0.717, 1.165) is 0 Å². The van der Waals surface area contributed by atoms with Gasteiger partial charge in [-0.05, 0) is 24.8 Å². The highest BCUT2D eigenvalue weighted by Crippen LogP contribution is 2.38. The van der Waals surface area contributed by atoms with Gasteiger partial charge in [-0.15, -0.1) is 0 Å². The lowest BCUT2D eigenvalue weighted by atomic mass is 9.85. The Morgan fingerprint density at radius 3 is 2.50 bits per heavy atom. The van der Waals surface area contributed by atoms with Crippen LogP contribution < -0.4 is 11.1 Å². The van der Waals surface area contributed by atoms with Gasteiger partial charge in [0.2, 0.25) is 5.91 Å². The number of likely N-dealkylation sites (tertiary alicyclic amines) is 1. The minimum atomic E-state index is -3.00. The van der Waals surface area contributed by atoms with Crippen molar-refractivity contribution >= 4 is 29.1 Å². The lowest BCUT2D eigenvalue weighted by Gasteiger charge is -2.36. The summed E-state index contributed by atoms with van der Waals surface area (Å²) in [5.41, 5.74) is 6.78. The van der Waals surface area contributed by atoms with Gasteiger partial charge >= 0.3 is 0 Å². The third-order valence-electron chi connectivity index (χ3n) is 5.30. The topological polar surface area (TPSA) is 78.6 Å². The SMILES string of the molecule is N[C@@H](c1cc(Cl)c(Cl)cc1O)C1CCN(C(=O)C2CNCC2(F)F)CC1. The van der Waals surface area contributed by atoms with Gasteiger partial charge in [-0.25, -0.2) is 8.78 Å². The van der Waals surface area contributed by atoms with Gasteiger partial charge in [0.15, 0.2) is 0 Å². The fourth-order valence-corrected chi connectivity index (χ4v) is 4.03. The third-order valence-corrected chi connectivity index (χ3v) is 6.03. The lowest BCUT2D eigenvalue weighted by molar-refractivity contribution is -0.146. The number of hydrogen-bond donors (Lipinski definition) is 3. The van der Waals surface area contributed by atoms with Crippen molar-refractivity contribution in [2.45, 2.75) is 24.8 Å². The maximum absolute atomic E-state index is 13.8. The molecular weight excluding hydrogens is 387 g/mol. The van der Waals surface area contributed by atoms with Crippen LogP contribution in [-0.2, 0) is 4.79 Å². The predicted molar refractivity (Wildman–Crippen MR) is 95.7 cm³/mol. The summed E-state index contributed by atoms with van der Waals surface area (Å²) in [6, 6.07) is 2.43. The van der Waals surface area contributed by atoms with Crippen LogP contribution in [0.25, 0.3) is 0 Å². The first-order valence-electron chi connectivity index (χ1n) is 8.51. The summed E-state index contributed by atoms with van der Waals surface area (Å²) in [4.78, 5) is 13.9. The van der Waals surface area contributed by atoms with Crippen molar-refractivity contribution in [2.24, 2.45) is 17.6 Å². The molecule has 0 spiro atoms. The van der Waals surface area contributed by atoms with Crippen molar-refractivity contribution in [3.8, 4) is 5.75 Å². The molecule has 2 fully saturated rings. The molecule has 1 amide bonds. The Morgan fingerprint density at radius 1 is 1.31 bits per heavy atom. The number of nitrogens with two attached hydrogens (primary N) is 1. The Bertz CT molecular complexity index is 697. The van der Waals surface area contributed by atoms with Crippen molar-refractivity contribution in [2.75, 3.05) is 26.2 Å². The lowest BCUT2D eigenvalue weighted by Crippen LogP contribution is -2.47. The zero-order chi connectivity index (χ0) is 19.1. The maximum atomic E-state index is 13.8. The summed E-state index contributed by atoms with van der Waals surface area (Å²) >= 11 is 11.9. The van der Waals surface area contributed by atoms with Crippen molar-refractivity contribution in [1.82, 2.24) is 10.2 Å². The summed E-state index contributed by atoms with van der Waals surface area (Å²) in [7, 11) is 0. The van der Waals surface area contributed by atoms with Crippen molar-refractivity contribution < 1.29 is 18.7 Å². The second-order valence-electron chi connectivity index (χ2n) is 6.96. The van der Waals surface area contributed by atoms with E-state index in [1.807, 2.05) is 0 Å². The molecule has 0 bridgehead atoms. The largest absolute Gasteiger partial charge is 0.508 e. The van der Waals surface area contributed by atoms with Gasteiger partial charge < -0.3 is 21.1 Å². The zero-order valence-electron chi connectivity index (χ0n) is 14.0. The van der Waals surface area contributed by atoms with E-state index in [2.05, 4.69) is 5.32 Å². The number of nitrogens with zero attached hydrogens (tertiary/aromatic N) is 1. The highest BCUT2D eigenvalue weighted by atomic mass is 35.5. The van der Waals surface area contributed by atoms with Crippen LogP contribution in [0.3, 0.4) is 0 Å².